The van der Waals surface area contributed by atoms with Crippen LogP contribution in [0.5, 0.6) is 0 Å². The quantitative estimate of drug-likeness (QED) is 0.747. The van der Waals surface area contributed by atoms with Crippen molar-refractivity contribution in [2.75, 3.05) is 11.1 Å². The number of hydrogen-bond acceptors (Lipinski definition) is 5. The van der Waals surface area contributed by atoms with Crippen LogP contribution in [0.4, 0.5) is 16.5 Å². The number of carbonyl (C=O) groups excluding carboxylic acids is 1. The molecule has 1 aliphatic rings. The van der Waals surface area contributed by atoms with Crippen molar-refractivity contribution in [3.63, 3.8) is 0 Å². The molecule has 0 saturated carbocycles. The Kier molecular flexibility index (Phi) is 2.87. The number of anilines is 3. The van der Waals surface area contributed by atoms with E-state index in [-0.39, 0.29) is 0 Å². The second-order valence-electron chi connectivity index (χ2n) is 4.50. The van der Waals surface area contributed by atoms with Crippen molar-refractivity contribution in [1.29, 1.82) is 0 Å². The fraction of sp³-hybridized carbons (Fsp3) is 0.231. The van der Waals surface area contributed by atoms with E-state index in [0.29, 0.717) is 16.9 Å². The average molecular weight is 274 g/mol. The van der Waals surface area contributed by atoms with Crippen LogP contribution in [0.1, 0.15) is 27.3 Å². The van der Waals surface area contributed by atoms with Gasteiger partial charge in [-0.25, -0.2) is 4.98 Å². The van der Waals surface area contributed by atoms with Gasteiger partial charge in [-0.05, 0) is 31.4 Å². The molecule has 1 aromatic carbocycles. The van der Waals surface area contributed by atoms with Gasteiger partial charge in [-0.1, -0.05) is 6.07 Å². The number of fused-ring (bicyclic) bond motifs is 1. The Hall–Kier alpha value is -2.08. The summed E-state index contributed by atoms with van der Waals surface area (Å²) in [6.07, 6.45) is 3.29. The van der Waals surface area contributed by atoms with E-state index in [1.54, 1.807) is 29.5 Å². The van der Waals surface area contributed by atoms with Crippen LogP contribution in [0.3, 0.4) is 0 Å². The molecule has 0 spiro atoms. The maximum Gasteiger partial charge on any atom is 0.250 e. The molecule has 0 radical (unpaired) electrons. The fourth-order valence-electron chi connectivity index (χ4n) is 2.27. The van der Waals surface area contributed by atoms with Crippen molar-refractivity contribution >= 4 is 33.8 Å². The summed E-state index contributed by atoms with van der Waals surface area (Å²) in [5.74, 6) is -0.501. The van der Waals surface area contributed by atoms with Gasteiger partial charge in [-0.2, -0.15) is 0 Å². The Labute approximate surface area is 114 Å². The highest BCUT2D eigenvalue weighted by Gasteiger charge is 2.18. The first-order chi connectivity index (χ1) is 9.15. The molecule has 0 aliphatic heterocycles. The summed E-state index contributed by atoms with van der Waals surface area (Å²) < 4.78 is 0. The highest BCUT2D eigenvalue weighted by molar-refractivity contribution is 7.15. The molecular weight excluding hydrogens is 260 g/mol. The lowest BCUT2D eigenvalue weighted by atomic mass is 10.1. The summed E-state index contributed by atoms with van der Waals surface area (Å²) in [5.41, 5.74) is 13.8. The number of rotatable bonds is 3. The molecule has 6 heteroatoms. The van der Waals surface area contributed by atoms with Crippen molar-refractivity contribution in [1.82, 2.24) is 4.98 Å². The summed E-state index contributed by atoms with van der Waals surface area (Å²) in [6, 6.07) is 5.10. The average Bonchev–Trinajstić information content (AvgIpc) is 2.92. The monoisotopic (exact) mass is 274 g/mol. The van der Waals surface area contributed by atoms with Crippen molar-refractivity contribution in [3.05, 3.63) is 34.3 Å². The van der Waals surface area contributed by atoms with Gasteiger partial charge in [0.05, 0.1) is 22.6 Å². The van der Waals surface area contributed by atoms with Gasteiger partial charge in [-0.15, -0.1) is 11.3 Å². The molecule has 0 atom stereocenters. The fourth-order valence-corrected chi connectivity index (χ4v) is 3.32. The molecule has 5 nitrogen and oxygen atoms in total. The molecule has 1 aliphatic carbocycles. The van der Waals surface area contributed by atoms with Crippen molar-refractivity contribution in [2.24, 2.45) is 5.73 Å². The first-order valence-electron chi connectivity index (χ1n) is 6.09. The number of benzene rings is 1. The second-order valence-corrected chi connectivity index (χ2v) is 5.59. The highest BCUT2D eigenvalue weighted by Crippen LogP contribution is 2.34. The molecule has 5 N–H and O–H groups in total. The van der Waals surface area contributed by atoms with Gasteiger partial charge in [0.1, 0.15) is 0 Å². The standard InChI is InChI=1S/C13H14N4OS/c14-8-4-1-3-7(12(15)18)11(8)17-13-16-9-5-2-6-10(9)19-13/h1,3-4H,2,5-6,14H2,(H2,15,18)(H,16,17). The first kappa shape index (κ1) is 12.0. The predicted octanol–water partition coefficient (Wildman–Crippen LogP) is 2.06. The maximum absolute atomic E-state index is 11.4. The van der Waals surface area contributed by atoms with E-state index in [0.717, 1.165) is 23.7 Å². The lowest BCUT2D eigenvalue weighted by molar-refractivity contribution is 0.100. The SMILES string of the molecule is NC(=O)c1cccc(N)c1Nc1nc2c(s1)CCC2. The summed E-state index contributed by atoms with van der Waals surface area (Å²) in [6.45, 7) is 0. The first-order valence-corrected chi connectivity index (χ1v) is 6.90. The summed E-state index contributed by atoms with van der Waals surface area (Å²) >= 11 is 1.62. The predicted molar refractivity (Wildman–Crippen MR) is 76.8 cm³/mol. The number of nitrogens with two attached hydrogens (primary N) is 2. The number of para-hydroxylation sites is 1. The van der Waals surface area contributed by atoms with Gasteiger partial charge in [0.25, 0.3) is 5.91 Å². The molecule has 2 aromatic rings. The minimum absolute atomic E-state index is 0.385. The van der Waals surface area contributed by atoms with Crippen molar-refractivity contribution in [2.45, 2.75) is 19.3 Å². The molecule has 1 amide bonds. The number of aromatic nitrogens is 1. The van der Waals surface area contributed by atoms with E-state index in [4.69, 9.17) is 11.5 Å². The van der Waals surface area contributed by atoms with Gasteiger partial charge >= 0.3 is 0 Å². The minimum Gasteiger partial charge on any atom is -0.397 e. The zero-order chi connectivity index (χ0) is 13.4. The largest absolute Gasteiger partial charge is 0.397 e. The number of primary amides is 1. The lowest BCUT2D eigenvalue weighted by Gasteiger charge is -2.10. The smallest absolute Gasteiger partial charge is 0.250 e. The van der Waals surface area contributed by atoms with E-state index >= 15 is 0 Å². The van der Waals surface area contributed by atoms with E-state index in [9.17, 15) is 4.79 Å². The van der Waals surface area contributed by atoms with Gasteiger partial charge in [0.15, 0.2) is 5.13 Å². The van der Waals surface area contributed by atoms with E-state index in [1.165, 1.54) is 11.3 Å². The maximum atomic E-state index is 11.4. The Morgan fingerprint density at radius 3 is 2.95 bits per heavy atom. The van der Waals surface area contributed by atoms with Crippen LogP contribution >= 0.6 is 11.3 Å². The summed E-state index contributed by atoms with van der Waals surface area (Å²) in [4.78, 5) is 17.3. The Balaban J connectivity index is 1.96. The summed E-state index contributed by atoms with van der Waals surface area (Å²) in [5, 5.41) is 3.90. The molecular formula is C13H14N4OS. The second kappa shape index (κ2) is 4.55. The lowest BCUT2D eigenvalue weighted by Crippen LogP contribution is -2.14. The molecule has 19 heavy (non-hydrogen) atoms. The number of nitrogens with one attached hydrogen (secondary N) is 1. The van der Waals surface area contributed by atoms with Crippen LogP contribution in [0, 0.1) is 0 Å². The van der Waals surface area contributed by atoms with Gasteiger partial charge < -0.3 is 16.8 Å². The number of thiazole rings is 1. The normalized spacial score (nSPS) is 13.3. The molecule has 0 fully saturated rings. The third-order valence-electron chi connectivity index (χ3n) is 3.19. The topological polar surface area (TPSA) is 94.0 Å². The van der Waals surface area contributed by atoms with Crippen LogP contribution in [0.2, 0.25) is 0 Å². The Morgan fingerprint density at radius 1 is 1.37 bits per heavy atom. The van der Waals surface area contributed by atoms with Crippen molar-refractivity contribution in [3.8, 4) is 0 Å². The van der Waals surface area contributed by atoms with E-state index in [2.05, 4.69) is 10.3 Å². The summed E-state index contributed by atoms with van der Waals surface area (Å²) in [7, 11) is 0. The van der Waals surface area contributed by atoms with Gasteiger partial charge in [-0.3, -0.25) is 4.79 Å². The molecule has 98 valence electrons. The van der Waals surface area contributed by atoms with E-state index in [1.807, 2.05) is 0 Å². The number of nitrogen functional groups attached to an aromatic ring is 1. The van der Waals surface area contributed by atoms with Gasteiger partial charge in [0.2, 0.25) is 0 Å². The van der Waals surface area contributed by atoms with Gasteiger partial charge in [0, 0.05) is 4.88 Å². The zero-order valence-electron chi connectivity index (χ0n) is 10.3. The van der Waals surface area contributed by atoms with Crippen molar-refractivity contribution < 1.29 is 4.79 Å². The number of aryl methyl sites for hydroxylation is 2. The molecule has 3 rings (SSSR count). The van der Waals surface area contributed by atoms with Crippen LogP contribution < -0.4 is 16.8 Å². The Bertz CT molecular complexity index is 629. The van der Waals surface area contributed by atoms with Crippen LogP contribution in [-0.2, 0) is 12.8 Å². The molecule has 1 heterocycles. The van der Waals surface area contributed by atoms with E-state index < -0.39 is 5.91 Å². The van der Waals surface area contributed by atoms with Crippen LogP contribution in [-0.4, -0.2) is 10.9 Å². The molecule has 1 aromatic heterocycles. The third kappa shape index (κ3) is 2.15. The van der Waals surface area contributed by atoms with Crippen LogP contribution in [0.15, 0.2) is 18.2 Å². The third-order valence-corrected chi connectivity index (χ3v) is 4.26. The molecule has 0 unspecified atom stereocenters. The zero-order valence-corrected chi connectivity index (χ0v) is 11.1. The highest BCUT2D eigenvalue weighted by atomic mass is 32.1. The number of nitrogens with zero attached hydrogens (tertiary/aromatic N) is 1. The number of carbonyl (C=O) groups is 1. The van der Waals surface area contributed by atoms with Crippen LogP contribution in [0.25, 0.3) is 0 Å². The Morgan fingerprint density at radius 2 is 2.21 bits per heavy atom. The number of amides is 1. The number of hydrogen-bond donors (Lipinski definition) is 3. The minimum atomic E-state index is -0.501. The molecule has 0 bridgehead atoms. The molecule has 0 saturated heterocycles.